The lowest BCUT2D eigenvalue weighted by Crippen LogP contribution is -2.36. The van der Waals surface area contributed by atoms with Crippen LogP contribution in [0.5, 0.6) is 0 Å². The highest BCUT2D eigenvalue weighted by Gasteiger charge is 2.43. The minimum absolute atomic E-state index is 0.103. The molecule has 0 radical (unpaired) electrons. The van der Waals surface area contributed by atoms with Crippen LogP contribution in [-0.2, 0) is 16.4 Å². The zero-order valence-corrected chi connectivity index (χ0v) is 11.5. The average molecular weight is 301 g/mol. The number of nitrogens with two attached hydrogens (primary N) is 1. The first-order valence-corrected chi connectivity index (χ1v) is 6.98. The second-order valence-electron chi connectivity index (χ2n) is 5.60. The summed E-state index contributed by atoms with van der Waals surface area (Å²) in [6.45, 7) is 0. The Balaban J connectivity index is 2.57. The van der Waals surface area contributed by atoms with E-state index < -0.39 is 23.1 Å². The molecule has 1 aliphatic rings. The summed E-state index contributed by atoms with van der Waals surface area (Å²) in [5, 5.41) is 9.65. The van der Waals surface area contributed by atoms with Gasteiger partial charge in [0.05, 0.1) is 11.0 Å². The maximum Gasteiger partial charge on any atom is 0.416 e. The summed E-state index contributed by atoms with van der Waals surface area (Å²) in [5.41, 5.74) is 3.87. The van der Waals surface area contributed by atoms with Gasteiger partial charge in [-0.3, -0.25) is 4.79 Å². The van der Waals surface area contributed by atoms with Crippen molar-refractivity contribution in [3.8, 4) is 0 Å². The van der Waals surface area contributed by atoms with Gasteiger partial charge in [-0.05, 0) is 36.6 Å². The second kappa shape index (κ2) is 5.58. The predicted octanol–water partition coefficient (Wildman–Crippen LogP) is 3.96. The summed E-state index contributed by atoms with van der Waals surface area (Å²) in [4.78, 5) is 11.8. The maximum atomic E-state index is 12.9. The quantitative estimate of drug-likeness (QED) is 0.642. The van der Waals surface area contributed by atoms with E-state index >= 15 is 0 Å². The SMILES string of the molecule is Nc1ccc(C(F)(F)F)cc1C1(C(=O)O)CCCCCC1. The molecule has 0 atom stereocenters. The summed E-state index contributed by atoms with van der Waals surface area (Å²) in [6.07, 6.45) is -0.694. The summed E-state index contributed by atoms with van der Waals surface area (Å²) in [6, 6.07) is 2.97. The molecule has 3 nitrogen and oxygen atoms in total. The van der Waals surface area contributed by atoms with Gasteiger partial charge < -0.3 is 10.8 Å². The second-order valence-corrected chi connectivity index (χ2v) is 5.60. The number of rotatable bonds is 2. The standard InChI is InChI=1S/C15H18F3NO2/c16-15(17,18)10-5-6-12(19)11(9-10)14(13(20)21)7-3-1-2-4-8-14/h5-6,9H,1-4,7-8,19H2,(H,20,21). The molecule has 21 heavy (non-hydrogen) atoms. The molecule has 0 heterocycles. The first-order valence-electron chi connectivity index (χ1n) is 6.98. The fourth-order valence-corrected chi connectivity index (χ4v) is 3.08. The zero-order chi connectivity index (χ0) is 15.7. The molecular weight excluding hydrogens is 283 g/mol. The number of nitrogen functional groups attached to an aromatic ring is 1. The van der Waals surface area contributed by atoms with E-state index in [-0.39, 0.29) is 11.3 Å². The van der Waals surface area contributed by atoms with E-state index in [1.165, 1.54) is 0 Å². The van der Waals surface area contributed by atoms with Crippen molar-refractivity contribution in [1.82, 2.24) is 0 Å². The Morgan fingerprint density at radius 3 is 2.19 bits per heavy atom. The molecule has 1 aliphatic carbocycles. The smallest absolute Gasteiger partial charge is 0.416 e. The highest BCUT2D eigenvalue weighted by atomic mass is 19.4. The monoisotopic (exact) mass is 301 g/mol. The number of benzene rings is 1. The lowest BCUT2D eigenvalue weighted by molar-refractivity contribution is -0.145. The third-order valence-electron chi connectivity index (χ3n) is 4.26. The van der Waals surface area contributed by atoms with Gasteiger partial charge in [0, 0.05) is 5.69 Å². The van der Waals surface area contributed by atoms with Crippen molar-refractivity contribution in [3.05, 3.63) is 29.3 Å². The number of aliphatic carboxylic acids is 1. The van der Waals surface area contributed by atoms with Crippen molar-refractivity contribution < 1.29 is 23.1 Å². The fourth-order valence-electron chi connectivity index (χ4n) is 3.08. The molecule has 1 aromatic rings. The third-order valence-corrected chi connectivity index (χ3v) is 4.26. The van der Waals surface area contributed by atoms with Crippen LogP contribution in [0.1, 0.15) is 49.7 Å². The third kappa shape index (κ3) is 2.99. The van der Waals surface area contributed by atoms with Gasteiger partial charge in [0.2, 0.25) is 0 Å². The molecule has 0 spiro atoms. The van der Waals surface area contributed by atoms with Gasteiger partial charge in [0.1, 0.15) is 0 Å². The highest BCUT2D eigenvalue weighted by molar-refractivity contribution is 5.84. The van der Waals surface area contributed by atoms with Crippen molar-refractivity contribution in [3.63, 3.8) is 0 Å². The van der Waals surface area contributed by atoms with E-state index in [2.05, 4.69) is 0 Å². The van der Waals surface area contributed by atoms with E-state index in [9.17, 15) is 23.1 Å². The molecule has 1 saturated carbocycles. The van der Waals surface area contributed by atoms with Crippen LogP contribution < -0.4 is 5.73 Å². The van der Waals surface area contributed by atoms with E-state index in [1.54, 1.807) is 0 Å². The number of halogens is 3. The number of anilines is 1. The van der Waals surface area contributed by atoms with E-state index in [1.807, 2.05) is 0 Å². The number of alkyl halides is 3. The molecule has 0 aromatic heterocycles. The average Bonchev–Trinajstić information content (AvgIpc) is 2.64. The van der Waals surface area contributed by atoms with Gasteiger partial charge in [0.25, 0.3) is 0 Å². The normalized spacial score (nSPS) is 19.0. The lowest BCUT2D eigenvalue weighted by Gasteiger charge is -2.30. The largest absolute Gasteiger partial charge is 0.481 e. The Bertz CT molecular complexity index is 532. The van der Waals surface area contributed by atoms with Gasteiger partial charge >= 0.3 is 12.1 Å². The molecule has 116 valence electrons. The molecule has 3 N–H and O–H groups in total. The molecule has 0 bridgehead atoms. The Labute approximate surface area is 121 Å². The first-order chi connectivity index (χ1) is 9.77. The molecule has 0 aliphatic heterocycles. The van der Waals surface area contributed by atoms with Crippen LogP contribution in [0.2, 0.25) is 0 Å². The molecule has 1 aromatic carbocycles. The summed E-state index contributed by atoms with van der Waals surface area (Å²) >= 11 is 0. The number of carboxylic acid groups (broad SMARTS) is 1. The Morgan fingerprint density at radius 2 is 1.71 bits per heavy atom. The number of carboxylic acids is 1. The minimum Gasteiger partial charge on any atom is -0.481 e. The van der Waals surface area contributed by atoms with Crippen LogP contribution in [-0.4, -0.2) is 11.1 Å². The van der Waals surface area contributed by atoms with Crippen molar-refractivity contribution in [2.24, 2.45) is 0 Å². The maximum absolute atomic E-state index is 12.9. The van der Waals surface area contributed by atoms with Gasteiger partial charge in [-0.1, -0.05) is 25.7 Å². The van der Waals surface area contributed by atoms with E-state index in [0.717, 1.165) is 31.0 Å². The number of hydrogen-bond donors (Lipinski definition) is 2. The Hall–Kier alpha value is -1.72. The topological polar surface area (TPSA) is 63.3 Å². The molecule has 0 saturated heterocycles. The van der Waals surface area contributed by atoms with Crippen molar-refractivity contribution >= 4 is 11.7 Å². The van der Waals surface area contributed by atoms with Gasteiger partial charge in [0.15, 0.2) is 0 Å². The summed E-state index contributed by atoms with van der Waals surface area (Å²) in [7, 11) is 0. The van der Waals surface area contributed by atoms with Gasteiger partial charge in [-0.25, -0.2) is 0 Å². The highest BCUT2D eigenvalue weighted by Crippen LogP contribution is 2.43. The van der Waals surface area contributed by atoms with Crippen molar-refractivity contribution in [1.29, 1.82) is 0 Å². The lowest BCUT2D eigenvalue weighted by atomic mass is 9.73. The molecule has 6 heteroatoms. The fraction of sp³-hybridized carbons (Fsp3) is 0.533. The molecule has 2 rings (SSSR count). The molecular formula is C15H18F3NO2. The van der Waals surface area contributed by atoms with Crippen molar-refractivity contribution in [2.75, 3.05) is 5.73 Å². The van der Waals surface area contributed by atoms with E-state index in [0.29, 0.717) is 25.7 Å². The summed E-state index contributed by atoms with van der Waals surface area (Å²) in [5.74, 6) is -1.09. The van der Waals surface area contributed by atoms with Crippen LogP contribution in [0.15, 0.2) is 18.2 Å². The molecule has 1 fully saturated rings. The van der Waals surface area contributed by atoms with E-state index in [4.69, 9.17) is 5.73 Å². The zero-order valence-electron chi connectivity index (χ0n) is 11.5. The van der Waals surface area contributed by atoms with Crippen LogP contribution in [0, 0.1) is 0 Å². The van der Waals surface area contributed by atoms with Crippen LogP contribution in [0.3, 0.4) is 0 Å². The van der Waals surface area contributed by atoms with Gasteiger partial charge in [-0.2, -0.15) is 13.2 Å². The predicted molar refractivity (Wildman–Crippen MR) is 72.9 cm³/mol. The summed E-state index contributed by atoms with van der Waals surface area (Å²) < 4.78 is 38.7. The molecule has 0 unspecified atom stereocenters. The molecule has 0 amide bonds. The number of carbonyl (C=O) groups is 1. The van der Waals surface area contributed by atoms with Crippen molar-refractivity contribution in [2.45, 2.75) is 50.1 Å². The van der Waals surface area contributed by atoms with Crippen LogP contribution in [0.4, 0.5) is 18.9 Å². The minimum atomic E-state index is -4.51. The van der Waals surface area contributed by atoms with Gasteiger partial charge in [-0.15, -0.1) is 0 Å². The van der Waals surface area contributed by atoms with Crippen LogP contribution >= 0.6 is 0 Å². The van der Waals surface area contributed by atoms with Crippen LogP contribution in [0.25, 0.3) is 0 Å². The number of hydrogen-bond acceptors (Lipinski definition) is 2. The first kappa shape index (κ1) is 15.7. The Morgan fingerprint density at radius 1 is 1.14 bits per heavy atom. The Kier molecular flexibility index (Phi) is 4.16.